The Hall–Kier alpha value is -2.49. The van der Waals surface area contributed by atoms with Gasteiger partial charge in [-0.1, -0.05) is 0 Å². The predicted octanol–water partition coefficient (Wildman–Crippen LogP) is 2.39. The van der Waals surface area contributed by atoms with Crippen molar-refractivity contribution in [1.29, 1.82) is 5.26 Å². The Bertz CT molecular complexity index is 722. The number of hydrogen-bond donors (Lipinski definition) is 0. The van der Waals surface area contributed by atoms with E-state index >= 15 is 0 Å². The van der Waals surface area contributed by atoms with E-state index in [1.807, 2.05) is 6.07 Å². The summed E-state index contributed by atoms with van der Waals surface area (Å²) >= 11 is 0. The van der Waals surface area contributed by atoms with Crippen molar-refractivity contribution in [3.63, 3.8) is 0 Å². The number of aromatic nitrogens is 2. The van der Waals surface area contributed by atoms with Gasteiger partial charge >= 0.3 is 8.05 Å². The number of allylic oxidation sites excluding steroid dienone is 1. The summed E-state index contributed by atoms with van der Waals surface area (Å²) in [6.45, 7) is 6.83. The molecule has 0 atom stereocenters. The van der Waals surface area contributed by atoms with E-state index in [-0.39, 0.29) is 11.3 Å². The molecule has 2 rings (SSSR count). The summed E-state index contributed by atoms with van der Waals surface area (Å²) < 4.78 is 15.6. The largest absolute Gasteiger partial charge is 0.565 e. The highest BCUT2D eigenvalue weighted by Crippen LogP contribution is 2.30. The maximum atomic E-state index is 9.38. The summed E-state index contributed by atoms with van der Waals surface area (Å²) in [6, 6.07) is 2.02. The first-order valence-electron chi connectivity index (χ1n) is 5.87. The summed E-state index contributed by atoms with van der Waals surface area (Å²) in [6.07, 6.45) is 0. The number of rotatable bonds is 3. The zero-order chi connectivity index (χ0) is 14.9. The van der Waals surface area contributed by atoms with Gasteiger partial charge in [0.15, 0.2) is 23.3 Å². The third-order valence-corrected chi connectivity index (χ3v) is 2.71. The number of nitriles is 1. The van der Waals surface area contributed by atoms with Crippen molar-refractivity contribution >= 4 is 19.4 Å². The van der Waals surface area contributed by atoms with Crippen molar-refractivity contribution in [2.24, 2.45) is 0 Å². The summed E-state index contributed by atoms with van der Waals surface area (Å²) in [4.78, 5) is 8.30. The number of nitrogens with zero attached hydrogens (tertiary/aromatic N) is 3. The Morgan fingerprint density at radius 2 is 1.80 bits per heavy atom. The molecule has 0 fully saturated rings. The minimum Gasteiger partial charge on any atom is -0.565 e. The van der Waals surface area contributed by atoms with Crippen molar-refractivity contribution in [1.82, 2.24) is 9.97 Å². The number of oxazole rings is 2. The molecule has 2 aromatic rings. The third-order valence-electron chi connectivity index (χ3n) is 2.71. The lowest BCUT2D eigenvalue weighted by Crippen LogP contribution is -1.97. The number of hydrogen-bond acceptors (Lipinski definition) is 6. The molecule has 6 nitrogen and oxygen atoms in total. The van der Waals surface area contributed by atoms with E-state index in [0.717, 1.165) is 0 Å². The van der Waals surface area contributed by atoms with Gasteiger partial charge in [-0.3, -0.25) is 0 Å². The fraction of sp³-hybridized carbons (Fsp3) is 0.308. The molecule has 0 amide bonds. The molecule has 0 saturated heterocycles. The van der Waals surface area contributed by atoms with Gasteiger partial charge in [-0.2, -0.15) is 5.26 Å². The molecule has 0 aliphatic heterocycles. The van der Waals surface area contributed by atoms with Crippen LogP contribution in [0.2, 0.25) is 0 Å². The van der Waals surface area contributed by atoms with Crippen LogP contribution in [0, 0.1) is 39.0 Å². The molecule has 0 saturated carbocycles. The van der Waals surface area contributed by atoms with E-state index in [1.165, 1.54) is 0 Å². The predicted molar refractivity (Wildman–Crippen MR) is 71.2 cm³/mol. The molecule has 20 heavy (non-hydrogen) atoms. The van der Waals surface area contributed by atoms with Crippen LogP contribution in [0.15, 0.2) is 8.83 Å². The molecule has 0 bridgehead atoms. The Kier molecular flexibility index (Phi) is 3.66. The monoisotopic (exact) mass is 269 g/mol. The quantitative estimate of drug-likeness (QED) is 0.483. The first kappa shape index (κ1) is 13.9. The fourth-order valence-electron chi connectivity index (χ4n) is 1.94. The van der Waals surface area contributed by atoms with Crippen molar-refractivity contribution < 1.29 is 13.5 Å². The average Bonchev–Trinajstić information content (AvgIpc) is 2.88. The van der Waals surface area contributed by atoms with Gasteiger partial charge in [-0.05, 0) is 13.8 Å². The van der Waals surface area contributed by atoms with Gasteiger partial charge in [0.1, 0.15) is 23.1 Å². The average molecular weight is 269 g/mol. The highest BCUT2D eigenvalue weighted by atomic mass is 16.4. The van der Waals surface area contributed by atoms with Crippen LogP contribution >= 0.6 is 0 Å². The van der Waals surface area contributed by atoms with Crippen LogP contribution in [0.1, 0.15) is 34.7 Å². The molecule has 0 N–H and O–H groups in total. The van der Waals surface area contributed by atoms with Gasteiger partial charge in [0, 0.05) is 13.8 Å². The molecule has 2 aromatic heterocycles. The fourth-order valence-corrected chi connectivity index (χ4v) is 1.94. The maximum absolute atomic E-state index is 9.38. The van der Waals surface area contributed by atoms with Crippen molar-refractivity contribution in [3.8, 4) is 6.07 Å². The minimum atomic E-state index is 0.0982. The van der Waals surface area contributed by atoms with Crippen molar-refractivity contribution in [2.75, 3.05) is 0 Å². The van der Waals surface area contributed by atoms with E-state index < -0.39 is 0 Å². The number of aryl methyl sites for hydroxylation is 4. The lowest BCUT2D eigenvalue weighted by molar-refractivity contribution is 0.492. The van der Waals surface area contributed by atoms with Crippen LogP contribution in [0.4, 0.5) is 0 Å². The lowest BCUT2D eigenvalue weighted by Gasteiger charge is -2.06. The SMILES string of the molecule is [B]OC(=C(C#N)c1oc(C)nc1C)c1nc(C)oc1C. The topological polar surface area (TPSA) is 85.1 Å². The zero-order valence-electron chi connectivity index (χ0n) is 11.6. The second kappa shape index (κ2) is 5.25. The third kappa shape index (κ3) is 2.32. The normalized spacial score (nSPS) is 11.9. The van der Waals surface area contributed by atoms with Crippen LogP contribution < -0.4 is 0 Å². The van der Waals surface area contributed by atoms with E-state index in [0.29, 0.717) is 34.7 Å². The van der Waals surface area contributed by atoms with Crippen LogP contribution in [-0.4, -0.2) is 18.0 Å². The molecular formula is C13H12BN3O3. The molecule has 2 heterocycles. The second-order valence-electron chi connectivity index (χ2n) is 4.22. The van der Waals surface area contributed by atoms with Gasteiger partial charge in [-0.15, -0.1) is 0 Å². The second-order valence-corrected chi connectivity index (χ2v) is 4.22. The van der Waals surface area contributed by atoms with E-state index in [2.05, 4.69) is 9.97 Å². The molecule has 0 spiro atoms. The smallest absolute Gasteiger partial charge is 0.374 e. The van der Waals surface area contributed by atoms with Crippen molar-refractivity contribution in [2.45, 2.75) is 27.7 Å². The zero-order valence-corrected chi connectivity index (χ0v) is 11.6. The van der Waals surface area contributed by atoms with E-state index in [4.69, 9.17) is 21.5 Å². The van der Waals surface area contributed by atoms with Crippen LogP contribution in [0.3, 0.4) is 0 Å². The summed E-state index contributed by atoms with van der Waals surface area (Å²) in [7, 11) is 5.30. The summed E-state index contributed by atoms with van der Waals surface area (Å²) in [5.41, 5.74) is 1.07. The van der Waals surface area contributed by atoms with Gasteiger partial charge in [0.25, 0.3) is 0 Å². The van der Waals surface area contributed by atoms with Gasteiger partial charge in [-0.25, -0.2) is 9.97 Å². The summed E-state index contributed by atoms with van der Waals surface area (Å²) in [5, 5.41) is 9.38. The molecule has 2 radical (unpaired) electrons. The highest BCUT2D eigenvalue weighted by molar-refractivity contribution is 6.06. The highest BCUT2D eigenvalue weighted by Gasteiger charge is 2.22. The van der Waals surface area contributed by atoms with Gasteiger partial charge < -0.3 is 13.5 Å². The first-order valence-corrected chi connectivity index (χ1v) is 5.87. The van der Waals surface area contributed by atoms with E-state index in [1.54, 1.807) is 27.7 Å². The molecule has 0 aromatic carbocycles. The maximum Gasteiger partial charge on any atom is 0.374 e. The van der Waals surface area contributed by atoms with Crippen LogP contribution in [-0.2, 0) is 4.65 Å². The summed E-state index contributed by atoms with van der Waals surface area (Å²) in [5.74, 6) is 1.82. The van der Waals surface area contributed by atoms with Crippen molar-refractivity contribution in [3.05, 3.63) is 34.7 Å². The molecule has 0 unspecified atom stereocenters. The van der Waals surface area contributed by atoms with Gasteiger partial charge in [0.05, 0.1) is 5.69 Å². The van der Waals surface area contributed by atoms with Gasteiger partial charge in [0.2, 0.25) is 0 Å². The Morgan fingerprint density at radius 1 is 1.15 bits per heavy atom. The first-order chi connectivity index (χ1) is 9.47. The molecule has 7 heteroatoms. The van der Waals surface area contributed by atoms with E-state index in [9.17, 15) is 5.26 Å². The Balaban J connectivity index is 2.69. The lowest BCUT2D eigenvalue weighted by atomic mass is 10.1. The molecule has 0 aliphatic carbocycles. The Labute approximate surface area is 117 Å². The van der Waals surface area contributed by atoms with Crippen LogP contribution in [0.5, 0.6) is 0 Å². The molecular weight excluding hydrogens is 257 g/mol. The standard InChI is InChI=1S/C13H12BN3O3/c1-6-12(19-8(3)16-6)10(5-15)13(20-14)11-7(2)18-9(4)17-11/h1-4H3. The molecule has 0 aliphatic rings. The van der Waals surface area contributed by atoms with Crippen LogP contribution in [0.25, 0.3) is 11.3 Å². The molecule has 100 valence electrons. The minimum absolute atomic E-state index is 0.0982. The Morgan fingerprint density at radius 3 is 2.20 bits per heavy atom.